The fourth-order valence-corrected chi connectivity index (χ4v) is 2.93. The first-order valence-electron chi connectivity index (χ1n) is 8.90. The van der Waals surface area contributed by atoms with Gasteiger partial charge in [-0.25, -0.2) is 0 Å². The summed E-state index contributed by atoms with van der Waals surface area (Å²) < 4.78 is 5.28. The lowest BCUT2D eigenvalue weighted by Crippen LogP contribution is -2.34. The van der Waals surface area contributed by atoms with E-state index in [2.05, 4.69) is 66.5 Å². The molecule has 0 aromatic heterocycles. The molecule has 0 heterocycles. The molecule has 0 unspecified atom stereocenters. The van der Waals surface area contributed by atoms with Crippen molar-refractivity contribution in [2.45, 2.75) is 26.3 Å². The quantitative estimate of drug-likeness (QED) is 0.716. The zero-order valence-corrected chi connectivity index (χ0v) is 15.2. The highest BCUT2D eigenvalue weighted by Crippen LogP contribution is 2.21. The van der Waals surface area contributed by atoms with Gasteiger partial charge in [-0.15, -0.1) is 0 Å². The van der Waals surface area contributed by atoms with Gasteiger partial charge in [0.2, 0.25) is 0 Å². The monoisotopic (exact) mass is 326 g/mol. The van der Waals surface area contributed by atoms with E-state index >= 15 is 0 Å². The van der Waals surface area contributed by atoms with Crippen LogP contribution < -0.4 is 10.1 Å². The summed E-state index contributed by atoms with van der Waals surface area (Å²) in [6, 6.07) is 19.4. The van der Waals surface area contributed by atoms with Gasteiger partial charge in [-0.05, 0) is 42.8 Å². The lowest BCUT2D eigenvalue weighted by molar-refractivity contribution is 0.296. The number of rotatable bonds is 10. The standard InChI is InChI=1S/C21H30N2O/c1-4-23(5-2)16-15-22-21(17-18-9-7-6-8-10-18)19-11-13-20(24-3)14-12-19/h6-14,21-22H,4-5,15-17H2,1-3H3/t21-/m0/s1. The molecular weight excluding hydrogens is 296 g/mol. The molecule has 0 aliphatic carbocycles. The third-order valence-electron chi connectivity index (χ3n) is 4.51. The summed E-state index contributed by atoms with van der Waals surface area (Å²) >= 11 is 0. The SMILES string of the molecule is CCN(CC)CCN[C@@H](Cc1ccccc1)c1ccc(OC)cc1. The van der Waals surface area contributed by atoms with E-state index in [-0.39, 0.29) is 0 Å². The molecule has 130 valence electrons. The van der Waals surface area contributed by atoms with Gasteiger partial charge in [0.05, 0.1) is 7.11 Å². The highest BCUT2D eigenvalue weighted by atomic mass is 16.5. The molecular formula is C21H30N2O. The van der Waals surface area contributed by atoms with Crippen LogP contribution in [0, 0.1) is 0 Å². The van der Waals surface area contributed by atoms with Crippen LogP contribution in [0.15, 0.2) is 54.6 Å². The number of hydrogen-bond acceptors (Lipinski definition) is 3. The van der Waals surface area contributed by atoms with E-state index in [4.69, 9.17) is 4.74 Å². The maximum absolute atomic E-state index is 5.28. The second kappa shape index (κ2) is 10.1. The van der Waals surface area contributed by atoms with Gasteiger partial charge in [0.25, 0.3) is 0 Å². The number of likely N-dealkylation sites (N-methyl/N-ethyl adjacent to an activating group) is 1. The Morgan fingerprint density at radius 2 is 1.62 bits per heavy atom. The van der Waals surface area contributed by atoms with Crippen molar-refractivity contribution in [1.29, 1.82) is 0 Å². The molecule has 2 aromatic rings. The molecule has 2 aromatic carbocycles. The molecule has 1 atom stereocenters. The Bertz CT molecular complexity index is 564. The molecule has 1 N–H and O–H groups in total. The summed E-state index contributed by atoms with van der Waals surface area (Å²) in [4.78, 5) is 2.45. The van der Waals surface area contributed by atoms with Gasteiger partial charge >= 0.3 is 0 Å². The van der Waals surface area contributed by atoms with Crippen molar-refractivity contribution < 1.29 is 4.74 Å². The van der Waals surface area contributed by atoms with Crippen molar-refractivity contribution in [2.75, 3.05) is 33.3 Å². The van der Waals surface area contributed by atoms with Crippen molar-refractivity contribution in [3.8, 4) is 5.75 Å². The molecule has 0 aliphatic heterocycles. The molecule has 0 bridgehead atoms. The van der Waals surface area contributed by atoms with Gasteiger partial charge in [0, 0.05) is 19.1 Å². The van der Waals surface area contributed by atoms with Crippen LogP contribution in [0.3, 0.4) is 0 Å². The van der Waals surface area contributed by atoms with E-state index in [9.17, 15) is 0 Å². The Labute approximate surface area is 146 Å². The van der Waals surface area contributed by atoms with Crippen LogP contribution in [-0.2, 0) is 6.42 Å². The topological polar surface area (TPSA) is 24.5 Å². The van der Waals surface area contributed by atoms with Crippen LogP contribution in [0.4, 0.5) is 0 Å². The van der Waals surface area contributed by atoms with Gasteiger partial charge in [-0.2, -0.15) is 0 Å². The molecule has 0 saturated heterocycles. The zero-order chi connectivity index (χ0) is 17.2. The average Bonchev–Trinajstić information content (AvgIpc) is 2.65. The second-order valence-electron chi connectivity index (χ2n) is 6.00. The first kappa shape index (κ1) is 18.5. The normalized spacial score (nSPS) is 12.3. The molecule has 0 saturated carbocycles. The van der Waals surface area contributed by atoms with Crippen LogP contribution in [0.1, 0.15) is 31.0 Å². The molecule has 3 heteroatoms. The van der Waals surface area contributed by atoms with Gasteiger partial charge in [0.1, 0.15) is 5.75 Å². The maximum atomic E-state index is 5.28. The second-order valence-corrected chi connectivity index (χ2v) is 6.00. The number of benzene rings is 2. The Kier molecular flexibility index (Phi) is 7.80. The van der Waals surface area contributed by atoms with E-state index in [1.807, 2.05) is 12.1 Å². The van der Waals surface area contributed by atoms with Gasteiger partial charge in [-0.1, -0.05) is 56.3 Å². The largest absolute Gasteiger partial charge is 0.497 e. The van der Waals surface area contributed by atoms with E-state index in [1.54, 1.807) is 7.11 Å². The predicted molar refractivity (Wildman–Crippen MR) is 102 cm³/mol. The highest BCUT2D eigenvalue weighted by Gasteiger charge is 2.12. The van der Waals surface area contributed by atoms with Crippen LogP contribution in [0.25, 0.3) is 0 Å². The first-order valence-corrected chi connectivity index (χ1v) is 8.90. The molecule has 0 aliphatic rings. The minimum Gasteiger partial charge on any atom is -0.497 e. The summed E-state index contributed by atoms with van der Waals surface area (Å²) in [6.45, 7) is 8.70. The summed E-state index contributed by atoms with van der Waals surface area (Å²) in [5.41, 5.74) is 2.66. The van der Waals surface area contributed by atoms with E-state index < -0.39 is 0 Å². The van der Waals surface area contributed by atoms with E-state index in [0.717, 1.165) is 38.3 Å². The third kappa shape index (κ3) is 5.66. The Hall–Kier alpha value is -1.84. The lowest BCUT2D eigenvalue weighted by Gasteiger charge is -2.23. The number of nitrogens with one attached hydrogen (secondary N) is 1. The van der Waals surface area contributed by atoms with E-state index in [0.29, 0.717) is 6.04 Å². The van der Waals surface area contributed by atoms with Crippen molar-refractivity contribution in [2.24, 2.45) is 0 Å². The summed E-state index contributed by atoms with van der Waals surface area (Å²) in [7, 11) is 1.71. The van der Waals surface area contributed by atoms with Crippen LogP contribution in [0.5, 0.6) is 5.75 Å². The molecule has 0 amide bonds. The summed E-state index contributed by atoms with van der Waals surface area (Å²) in [5, 5.41) is 3.74. The molecule has 2 rings (SSSR count). The minimum atomic E-state index is 0.314. The van der Waals surface area contributed by atoms with Crippen molar-refractivity contribution in [3.05, 3.63) is 65.7 Å². The number of ether oxygens (including phenoxy) is 1. The molecule has 3 nitrogen and oxygen atoms in total. The van der Waals surface area contributed by atoms with Crippen molar-refractivity contribution in [1.82, 2.24) is 10.2 Å². The van der Waals surface area contributed by atoms with Crippen LogP contribution in [0.2, 0.25) is 0 Å². The van der Waals surface area contributed by atoms with Crippen LogP contribution >= 0.6 is 0 Å². The molecule has 0 radical (unpaired) electrons. The van der Waals surface area contributed by atoms with Gasteiger partial charge < -0.3 is 15.0 Å². The Morgan fingerprint density at radius 3 is 2.21 bits per heavy atom. The third-order valence-corrected chi connectivity index (χ3v) is 4.51. The molecule has 0 fully saturated rings. The van der Waals surface area contributed by atoms with Gasteiger partial charge in [-0.3, -0.25) is 0 Å². The highest BCUT2D eigenvalue weighted by molar-refractivity contribution is 5.30. The predicted octanol–water partition coefficient (Wildman–Crippen LogP) is 3.91. The lowest BCUT2D eigenvalue weighted by atomic mass is 9.98. The summed E-state index contributed by atoms with van der Waals surface area (Å²) in [5.74, 6) is 0.903. The summed E-state index contributed by atoms with van der Waals surface area (Å²) in [6.07, 6.45) is 0.991. The number of nitrogens with zero attached hydrogens (tertiary/aromatic N) is 1. The Morgan fingerprint density at radius 1 is 0.958 bits per heavy atom. The molecule has 0 spiro atoms. The van der Waals surface area contributed by atoms with Gasteiger partial charge in [0.15, 0.2) is 0 Å². The van der Waals surface area contributed by atoms with E-state index in [1.165, 1.54) is 11.1 Å². The minimum absolute atomic E-state index is 0.314. The van der Waals surface area contributed by atoms with Crippen molar-refractivity contribution >= 4 is 0 Å². The number of methoxy groups -OCH3 is 1. The first-order chi connectivity index (χ1) is 11.8. The fourth-order valence-electron chi connectivity index (χ4n) is 2.93. The zero-order valence-electron chi connectivity index (χ0n) is 15.2. The smallest absolute Gasteiger partial charge is 0.118 e. The fraction of sp³-hybridized carbons (Fsp3) is 0.429. The average molecular weight is 326 g/mol. The Balaban J connectivity index is 2.05. The maximum Gasteiger partial charge on any atom is 0.118 e. The molecule has 24 heavy (non-hydrogen) atoms. The van der Waals surface area contributed by atoms with Crippen molar-refractivity contribution in [3.63, 3.8) is 0 Å². The number of hydrogen-bond donors (Lipinski definition) is 1. The van der Waals surface area contributed by atoms with Crippen LogP contribution in [-0.4, -0.2) is 38.2 Å².